The predicted octanol–water partition coefficient (Wildman–Crippen LogP) is 6.94. The average molecular weight is 672 g/mol. The smallest absolute Gasteiger partial charge is 0.388 e. The van der Waals surface area contributed by atoms with Gasteiger partial charge in [-0.15, -0.1) is 0 Å². The Morgan fingerprint density at radius 2 is 1.92 bits per heavy atom. The van der Waals surface area contributed by atoms with E-state index in [1.807, 2.05) is 6.92 Å². The van der Waals surface area contributed by atoms with Crippen LogP contribution in [-0.4, -0.2) is 39.5 Å². The molecule has 2 atom stereocenters. The molecule has 0 saturated heterocycles. The summed E-state index contributed by atoms with van der Waals surface area (Å²) in [6, 6.07) is 7.92. The fraction of sp³-hybridized carbons (Fsp3) is 0.457. The van der Waals surface area contributed by atoms with Crippen molar-refractivity contribution >= 4 is 16.9 Å². The summed E-state index contributed by atoms with van der Waals surface area (Å²) in [6.45, 7) is 4.90. The maximum atomic E-state index is 15.5. The quantitative estimate of drug-likeness (QED) is 0.0472. The minimum atomic E-state index is -4.91. The number of nitrogens with two attached hydrogens (primary N) is 2. The number of halogens is 5. The van der Waals surface area contributed by atoms with Crippen molar-refractivity contribution in [2.75, 3.05) is 13.1 Å². The minimum absolute atomic E-state index is 0.00974. The summed E-state index contributed by atoms with van der Waals surface area (Å²) in [5.74, 6) is -0.947. The van der Waals surface area contributed by atoms with E-state index in [-0.39, 0.29) is 34.7 Å². The van der Waals surface area contributed by atoms with E-state index < -0.39 is 29.1 Å². The van der Waals surface area contributed by atoms with E-state index >= 15 is 8.78 Å². The normalized spacial score (nSPS) is 15.3. The molecule has 2 unspecified atom stereocenters. The molecule has 1 aliphatic rings. The zero-order chi connectivity index (χ0) is 34.6. The van der Waals surface area contributed by atoms with Crippen LogP contribution in [0.1, 0.15) is 81.5 Å². The lowest BCUT2D eigenvalue weighted by Crippen LogP contribution is -2.25. The third-order valence-corrected chi connectivity index (χ3v) is 8.77. The number of aryl methyl sites for hydroxylation is 1. The summed E-state index contributed by atoms with van der Waals surface area (Å²) >= 11 is 0. The molecule has 1 aliphatic carbocycles. The van der Waals surface area contributed by atoms with E-state index in [1.54, 1.807) is 19.1 Å². The highest BCUT2D eigenvalue weighted by atomic mass is 19.4. The molecule has 2 aromatic carbocycles. The van der Waals surface area contributed by atoms with Gasteiger partial charge in [-0.3, -0.25) is 9.56 Å². The van der Waals surface area contributed by atoms with Gasteiger partial charge in [-0.25, -0.2) is 13.6 Å². The fourth-order valence-electron chi connectivity index (χ4n) is 6.07. The molecule has 0 amide bonds. The van der Waals surface area contributed by atoms with Gasteiger partial charge in [0, 0.05) is 41.3 Å². The standard InChI is InChI=1S/C35H42F5N7O/c1-3-6-30(44-14-5-13-43-20(2)41)25-12-11-24(18-28(25)36)47-19-23-17-31(45-33(23)46-34(47)48)26-15-21(7-4-8-29(42)22-9-10-22)16-27(32(26)37)35(38,39)40/h11-12,15-19,22,29-30,44H,3-10,13-14,42H2,1-2H3,(H2,41,43)(H,45,46,48). The number of alkyl halides is 3. The molecule has 0 spiro atoms. The van der Waals surface area contributed by atoms with E-state index in [0.29, 0.717) is 67.0 Å². The van der Waals surface area contributed by atoms with Gasteiger partial charge in [0.15, 0.2) is 0 Å². The van der Waals surface area contributed by atoms with E-state index in [1.165, 1.54) is 24.4 Å². The molecule has 13 heteroatoms. The number of aliphatic imine (C=N–C) groups is 1. The van der Waals surface area contributed by atoms with Crippen molar-refractivity contribution in [1.29, 1.82) is 0 Å². The Balaban J connectivity index is 1.41. The molecule has 1 fully saturated rings. The van der Waals surface area contributed by atoms with E-state index in [2.05, 4.69) is 20.3 Å². The molecule has 0 aliphatic heterocycles. The number of hydrogen-bond donors (Lipinski definition) is 4. The van der Waals surface area contributed by atoms with Gasteiger partial charge in [0.2, 0.25) is 0 Å². The molecule has 2 aromatic heterocycles. The van der Waals surface area contributed by atoms with Crippen LogP contribution in [0, 0.1) is 17.6 Å². The third-order valence-electron chi connectivity index (χ3n) is 8.77. The Hall–Kier alpha value is -4.10. The number of H-pyrrole nitrogens is 1. The first-order chi connectivity index (χ1) is 22.8. The number of hydrogen-bond acceptors (Lipinski definition) is 5. The molecule has 0 bridgehead atoms. The molecular formula is C35H42F5N7O. The van der Waals surface area contributed by atoms with Gasteiger partial charge in [0.1, 0.15) is 17.3 Å². The molecule has 258 valence electrons. The highest BCUT2D eigenvalue weighted by Crippen LogP contribution is 2.38. The lowest BCUT2D eigenvalue weighted by Gasteiger charge is -2.20. The van der Waals surface area contributed by atoms with Crippen LogP contribution in [0.5, 0.6) is 0 Å². The zero-order valence-corrected chi connectivity index (χ0v) is 27.1. The van der Waals surface area contributed by atoms with Gasteiger partial charge < -0.3 is 21.8 Å². The fourth-order valence-corrected chi connectivity index (χ4v) is 6.07. The number of amidine groups is 1. The maximum absolute atomic E-state index is 15.5. The first-order valence-corrected chi connectivity index (χ1v) is 16.4. The monoisotopic (exact) mass is 671 g/mol. The largest absolute Gasteiger partial charge is 0.419 e. The number of aromatic nitrogens is 3. The number of benzene rings is 2. The van der Waals surface area contributed by atoms with Gasteiger partial charge in [-0.1, -0.05) is 19.4 Å². The Morgan fingerprint density at radius 3 is 2.58 bits per heavy atom. The van der Waals surface area contributed by atoms with Crippen molar-refractivity contribution in [2.24, 2.45) is 22.4 Å². The van der Waals surface area contributed by atoms with Crippen LogP contribution in [-0.2, 0) is 12.6 Å². The molecule has 48 heavy (non-hydrogen) atoms. The summed E-state index contributed by atoms with van der Waals surface area (Å²) < 4.78 is 73.7. The third kappa shape index (κ3) is 8.48. The lowest BCUT2D eigenvalue weighted by molar-refractivity contribution is -0.140. The van der Waals surface area contributed by atoms with E-state index in [4.69, 9.17) is 11.5 Å². The molecule has 2 heterocycles. The second kappa shape index (κ2) is 15.0. The van der Waals surface area contributed by atoms with Gasteiger partial charge in [0.05, 0.1) is 22.8 Å². The summed E-state index contributed by atoms with van der Waals surface area (Å²) in [7, 11) is 0. The maximum Gasteiger partial charge on any atom is 0.419 e. The van der Waals surface area contributed by atoms with Crippen molar-refractivity contribution < 1.29 is 22.0 Å². The summed E-state index contributed by atoms with van der Waals surface area (Å²) in [5, 5.41) is 3.70. The van der Waals surface area contributed by atoms with Gasteiger partial charge in [-0.2, -0.15) is 18.2 Å². The van der Waals surface area contributed by atoms with Gasteiger partial charge in [0.25, 0.3) is 0 Å². The van der Waals surface area contributed by atoms with Gasteiger partial charge in [-0.05, 0) is 100 Å². The summed E-state index contributed by atoms with van der Waals surface area (Å²) in [6.07, 6.45) is 2.43. The Labute approximate surface area is 275 Å². The van der Waals surface area contributed by atoms with Crippen molar-refractivity contribution in [1.82, 2.24) is 19.9 Å². The highest BCUT2D eigenvalue weighted by Gasteiger charge is 2.36. The van der Waals surface area contributed by atoms with Crippen molar-refractivity contribution in [2.45, 2.75) is 83.5 Å². The molecule has 4 aromatic rings. The van der Waals surface area contributed by atoms with Crippen LogP contribution >= 0.6 is 0 Å². The highest BCUT2D eigenvalue weighted by molar-refractivity contribution is 5.83. The number of nitrogens with one attached hydrogen (secondary N) is 2. The second-order valence-electron chi connectivity index (χ2n) is 12.7. The zero-order valence-electron chi connectivity index (χ0n) is 27.1. The Bertz CT molecular complexity index is 1820. The van der Waals surface area contributed by atoms with E-state index in [9.17, 15) is 18.0 Å². The summed E-state index contributed by atoms with van der Waals surface area (Å²) in [5.41, 5.74) is 10.5. The number of fused-ring (bicyclic) bond motifs is 1. The average Bonchev–Trinajstić information content (AvgIpc) is 3.80. The molecule has 5 rings (SSSR count). The van der Waals surface area contributed by atoms with Crippen molar-refractivity contribution in [3.8, 4) is 16.9 Å². The minimum Gasteiger partial charge on any atom is -0.388 e. The van der Waals surface area contributed by atoms with Crippen LogP contribution in [0.25, 0.3) is 28.0 Å². The second-order valence-corrected chi connectivity index (χ2v) is 12.7. The van der Waals surface area contributed by atoms with E-state index in [0.717, 1.165) is 36.3 Å². The number of nitrogens with zero attached hydrogens (tertiary/aromatic N) is 3. The lowest BCUT2D eigenvalue weighted by atomic mass is 9.97. The van der Waals surface area contributed by atoms with Crippen LogP contribution in [0.2, 0.25) is 0 Å². The summed E-state index contributed by atoms with van der Waals surface area (Å²) in [4.78, 5) is 24.1. The number of aromatic amines is 1. The van der Waals surface area contributed by atoms with Crippen LogP contribution in [0.3, 0.4) is 0 Å². The Morgan fingerprint density at radius 1 is 1.15 bits per heavy atom. The molecule has 8 nitrogen and oxygen atoms in total. The predicted molar refractivity (Wildman–Crippen MR) is 178 cm³/mol. The van der Waals surface area contributed by atoms with Crippen molar-refractivity contribution in [3.05, 3.63) is 81.4 Å². The van der Waals surface area contributed by atoms with Gasteiger partial charge >= 0.3 is 11.9 Å². The molecule has 0 radical (unpaired) electrons. The van der Waals surface area contributed by atoms with Crippen LogP contribution < -0.4 is 22.5 Å². The molecular weight excluding hydrogens is 629 g/mol. The number of rotatable bonds is 15. The first-order valence-electron chi connectivity index (χ1n) is 16.4. The molecule has 6 N–H and O–H groups in total. The molecule has 1 saturated carbocycles. The Kier molecular flexibility index (Phi) is 11.0. The SMILES string of the molecule is CCCC(NCCCN=C(C)N)c1ccc(-n2cc3cc(-c4cc(CCCC(N)C5CC5)cc(C(F)(F)F)c4F)[nH]c3nc2=O)cc1F. The van der Waals surface area contributed by atoms with Crippen LogP contribution in [0.15, 0.2) is 52.4 Å². The topological polar surface area (TPSA) is 127 Å². The van der Waals surface area contributed by atoms with Crippen molar-refractivity contribution in [3.63, 3.8) is 0 Å². The first kappa shape index (κ1) is 35.2. The van der Waals surface area contributed by atoms with Crippen LogP contribution in [0.4, 0.5) is 22.0 Å².